The van der Waals surface area contributed by atoms with Crippen LogP contribution in [-0.2, 0) is 4.79 Å². The molecular weight excluding hydrogens is 290 g/mol. The van der Waals surface area contributed by atoms with Crippen molar-refractivity contribution in [3.63, 3.8) is 0 Å². The summed E-state index contributed by atoms with van der Waals surface area (Å²) in [6.45, 7) is -0.335. The van der Waals surface area contributed by atoms with Crippen molar-refractivity contribution >= 4 is 35.2 Å². The van der Waals surface area contributed by atoms with Crippen LogP contribution in [-0.4, -0.2) is 50.7 Å². The summed E-state index contributed by atoms with van der Waals surface area (Å²) >= 11 is 7.22. The number of aromatic nitrogens is 2. The standard InChI is InChI=1S/C11H12ClN3O3S/c1-19-11-13-4-7(12)9(14-11)10(18)15(5-8(16)17)6-2-3-6/h4,6H,2-3,5H2,1H3,(H,16,17). The molecule has 19 heavy (non-hydrogen) atoms. The van der Waals surface area contributed by atoms with Crippen LogP contribution in [0.1, 0.15) is 23.3 Å². The zero-order valence-electron chi connectivity index (χ0n) is 10.2. The molecule has 1 N–H and O–H groups in total. The van der Waals surface area contributed by atoms with Gasteiger partial charge in [-0.15, -0.1) is 0 Å². The molecule has 0 radical (unpaired) electrons. The van der Waals surface area contributed by atoms with E-state index in [-0.39, 0.29) is 23.3 Å². The highest BCUT2D eigenvalue weighted by atomic mass is 35.5. The number of amides is 1. The Hall–Kier alpha value is -1.34. The van der Waals surface area contributed by atoms with Crippen molar-refractivity contribution in [3.05, 3.63) is 16.9 Å². The number of carbonyl (C=O) groups excluding carboxylic acids is 1. The van der Waals surface area contributed by atoms with E-state index in [0.717, 1.165) is 12.8 Å². The molecule has 0 spiro atoms. The summed E-state index contributed by atoms with van der Waals surface area (Å²) in [5.41, 5.74) is 0.0640. The molecule has 6 nitrogen and oxygen atoms in total. The Bertz CT molecular complexity index is 522. The van der Waals surface area contributed by atoms with E-state index >= 15 is 0 Å². The van der Waals surface area contributed by atoms with Gasteiger partial charge in [-0.1, -0.05) is 23.4 Å². The van der Waals surface area contributed by atoms with Gasteiger partial charge in [-0.05, 0) is 19.1 Å². The van der Waals surface area contributed by atoms with E-state index in [4.69, 9.17) is 16.7 Å². The molecule has 0 aliphatic heterocycles. The molecule has 1 aromatic rings. The van der Waals surface area contributed by atoms with Crippen molar-refractivity contribution in [3.8, 4) is 0 Å². The zero-order valence-corrected chi connectivity index (χ0v) is 11.7. The number of carboxylic acid groups (broad SMARTS) is 1. The largest absolute Gasteiger partial charge is 0.480 e. The second-order valence-electron chi connectivity index (χ2n) is 4.11. The number of aliphatic carboxylic acids is 1. The van der Waals surface area contributed by atoms with Crippen molar-refractivity contribution in [1.82, 2.24) is 14.9 Å². The van der Waals surface area contributed by atoms with Crippen LogP contribution in [0.4, 0.5) is 0 Å². The molecule has 0 unspecified atom stereocenters. The highest BCUT2D eigenvalue weighted by molar-refractivity contribution is 7.98. The molecule has 1 fully saturated rings. The average molecular weight is 302 g/mol. The lowest BCUT2D eigenvalue weighted by Crippen LogP contribution is -2.38. The molecule has 0 bridgehead atoms. The SMILES string of the molecule is CSc1ncc(Cl)c(C(=O)N(CC(=O)O)C2CC2)n1. The van der Waals surface area contributed by atoms with Gasteiger partial charge in [0.25, 0.3) is 5.91 Å². The number of carboxylic acids is 1. The van der Waals surface area contributed by atoms with Crippen molar-refractivity contribution in [2.24, 2.45) is 0 Å². The Balaban J connectivity index is 2.27. The monoisotopic (exact) mass is 301 g/mol. The van der Waals surface area contributed by atoms with Gasteiger partial charge in [-0.2, -0.15) is 0 Å². The highest BCUT2D eigenvalue weighted by Crippen LogP contribution is 2.29. The molecule has 0 atom stereocenters. The van der Waals surface area contributed by atoms with E-state index in [1.807, 2.05) is 0 Å². The maximum atomic E-state index is 12.3. The van der Waals surface area contributed by atoms with Gasteiger partial charge in [0, 0.05) is 6.04 Å². The van der Waals surface area contributed by atoms with Crippen LogP contribution in [0.3, 0.4) is 0 Å². The first-order valence-corrected chi connectivity index (χ1v) is 7.22. The van der Waals surface area contributed by atoms with Crippen LogP contribution in [0.15, 0.2) is 11.4 Å². The lowest BCUT2D eigenvalue weighted by Gasteiger charge is -2.20. The second-order valence-corrected chi connectivity index (χ2v) is 5.29. The fraction of sp³-hybridized carbons (Fsp3) is 0.455. The fourth-order valence-corrected chi connectivity index (χ4v) is 2.15. The summed E-state index contributed by atoms with van der Waals surface area (Å²) < 4.78 is 0. The normalized spacial score (nSPS) is 14.2. The van der Waals surface area contributed by atoms with E-state index in [0.29, 0.717) is 5.16 Å². The fourth-order valence-electron chi connectivity index (χ4n) is 1.63. The number of hydrogen-bond donors (Lipinski definition) is 1. The predicted molar refractivity (Wildman–Crippen MR) is 70.5 cm³/mol. The second kappa shape index (κ2) is 5.75. The predicted octanol–water partition coefficient (Wildman–Crippen LogP) is 1.54. The Labute approximate surface area is 119 Å². The highest BCUT2D eigenvalue weighted by Gasteiger charge is 2.35. The Morgan fingerprint density at radius 2 is 2.26 bits per heavy atom. The first kappa shape index (κ1) is 14.1. The smallest absolute Gasteiger partial charge is 0.323 e. The van der Waals surface area contributed by atoms with Crippen molar-refractivity contribution in [2.45, 2.75) is 24.0 Å². The van der Waals surface area contributed by atoms with Crippen LogP contribution in [0.25, 0.3) is 0 Å². The molecule has 0 saturated heterocycles. The summed E-state index contributed by atoms with van der Waals surface area (Å²) in [6.07, 6.45) is 4.78. The Morgan fingerprint density at radius 3 is 2.79 bits per heavy atom. The van der Waals surface area contributed by atoms with Crippen LogP contribution in [0.2, 0.25) is 5.02 Å². The van der Waals surface area contributed by atoms with Gasteiger partial charge in [0.15, 0.2) is 10.9 Å². The van der Waals surface area contributed by atoms with Crippen LogP contribution >= 0.6 is 23.4 Å². The van der Waals surface area contributed by atoms with E-state index in [1.165, 1.54) is 22.9 Å². The molecule has 8 heteroatoms. The van der Waals surface area contributed by atoms with Gasteiger partial charge in [-0.3, -0.25) is 9.59 Å². The Kier molecular flexibility index (Phi) is 4.26. The van der Waals surface area contributed by atoms with E-state index < -0.39 is 11.9 Å². The maximum Gasteiger partial charge on any atom is 0.323 e. The van der Waals surface area contributed by atoms with Crippen LogP contribution in [0.5, 0.6) is 0 Å². The van der Waals surface area contributed by atoms with Gasteiger partial charge in [0.2, 0.25) is 0 Å². The third-order valence-corrected chi connectivity index (χ3v) is 3.50. The topological polar surface area (TPSA) is 83.4 Å². The summed E-state index contributed by atoms with van der Waals surface area (Å²) in [6, 6.07) is -0.0210. The van der Waals surface area contributed by atoms with Gasteiger partial charge in [0.1, 0.15) is 6.54 Å². The third kappa shape index (κ3) is 3.36. The van der Waals surface area contributed by atoms with Crippen LogP contribution in [0, 0.1) is 0 Å². The maximum absolute atomic E-state index is 12.3. The molecule has 1 saturated carbocycles. The number of nitrogens with zero attached hydrogens (tertiary/aromatic N) is 3. The summed E-state index contributed by atoms with van der Waals surface area (Å²) in [4.78, 5) is 32.5. The van der Waals surface area contributed by atoms with Gasteiger partial charge in [-0.25, -0.2) is 9.97 Å². The summed E-state index contributed by atoms with van der Waals surface area (Å²) in [5, 5.41) is 9.43. The minimum atomic E-state index is -1.05. The summed E-state index contributed by atoms with van der Waals surface area (Å²) in [7, 11) is 0. The molecule has 2 rings (SSSR count). The number of rotatable bonds is 5. The average Bonchev–Trinajstić information content (AvgIpc) is 3.20. The number of carbonyl (C=O) groups is 2. The molecule has 1 amide bonds. The molecule has 1 aliphatic rings. The third-order valence-electron chi connectivity index (χ3n) is 2.66. The zero-order chi connectivity index (χ0) is 14.0. The lowest BCUT2D eigenvalue weighted by atomic mass is 10.3. The molecule has 1 aliphatic carbocycles. The molecular formula is C11H12ClN3O3S. The first-order valence-electron chi connectivity index (χ1n) is 5.62. The lowest BCUT2D eigenvalue weighted by molar-refractivity contribution is -0.137. The molecule has 1 heterocycles. The van der Waals surface area contributed by atoms with E-state index in [9.17, 15) is 9.59 Å². The molecule has 0 aromatic carbocycles. The van der Waals surface area contributed by atoms with Crippen LogP contribution < -0.4 is 0 Å². The Morgan fingerprint density at radius 1 is 1.58 bits per heavy atom. The van der Waals surface area contributed by atoms with Crippen molar-refractivity contribution in [2.75, 3.05) is 12.8 Å². The number of hydrogen-bond acceptors (Lipinski definition) is 5. The summed E-state index contributed by atoms with van der Waals surface area (Å²) in [5.74, 6) is -1.50. The molecule has 1 aromatic heterocycles. The van der Waals surface area contributed by atoms with Crippen molar-refractivity contribution in [1.29, 1.82) is 0 Å². The van der Waals surface area contributed by atoms with Gasteiger partial charge < -0.3 is 10.0 Å². The molecule has 102 valence electrons. The van der Waals surface area contributed by atoms with Crippen molar-refractivity contribution < 1.29 is 14.7 Å². The minimum Gasteiger partial charge on any atom is -0.480 e. The first-order chi connectivity index (χ1) is 9.02. The van der Waals surface area contributed by atoms with Gasteiger partial charge >= 0.3 is 5.97 Å². The van der Waals surface area contributed by atoms with E-state index in [1.54, 1.807) is 6.26 Å². The van der Waals surface area contributed by atoms with Gasteiger partial charge in [0.05, 0.1) is 11.2 Å². The minimum absolute atomic E-state index is 0.0210. The van der Waals surface area contributed by atoms with E-state index in [2.05, 4.69) is 9.97 Å². The number of halogens is 1. The number of thioether (sulfide) groups is 1. The quantitative estimate of drug-likeness (QED) is 0.656.